The normalized spacial score (nSPS) is 11.3. The van der Waals surface area contributed by atoms with E-state index in [4.69, 9.17) is 5.73 Å². The standard InChI is InChI=1S/C21H22N6O2/c1-12(2)27-15-10-9-14(11-16(15)26(3)21(27)29)18-17(13-7-5-4-6-8-13)23-20(24-18)25-19(22)28/h4-12H,1-3H3,(H4,22,23,24,25,28). The Morgan fingerprint density at radius 3 is 2.48 bits per heavy atom. The summed E-state index contributed by atoms with van der Waals surface area (Å²) in [4.78, 5) is 31.6. The molecule has 0 aliphatic heterocycles. The van der Waals surface area contributed by atoms with Gasteiger partial charge in [0.05, 0.1) is 22.4 Å². The molecule has 0 aliphatic rings. The number of anilines is 1. The first-order valence-corrected chi connectivity index (χ1v) is 9.30. The van der Waals surface area contributed by atoms with Gasteiger partial charge in [-0.15, -0.1) is 0 Å². The van der Waals surface area contributed by atoms with Crippen molar-refractivity contribution >= 4 is 23.0 Å². The van der Waals surface area contributed by atoms with E-state index in [1.807, 2.05) is 62.4 Å². The number of nitrogens with one attached hydrogen (secondary N) is 2. The van der Waals surface area contributed by atoms with E-state index >= 15 is 0 Å². The van der Waals surface area contributed by atoms with Gasteiger partial charge in [-0.25, -0.2) is 14.6 Å². The second-order valence-corrected chi connectivity index (χ2v) is 7.17. The number of benzene rings is 2. The highest BCUT2D eigenvalue weighted by Crippen LogP contribution is 2.33. The van der Waals surface area contributed by atoms with Gasteiger partial charge in [0.25, 0.3) is 0 Å². The van der Waals surface area contributed by atoms with Crippen LogP contribution in [-0.2, 0) is 7.05 Å². The first-order valence-electron chi connectivity index (χ1n) is 9.30. The predicted molar refractivity (Wildman–Crippen MR) is 114 cm³/mol. The molecule has 0 bridgehead atoms. The number of hydrogen-bond acceptors (Lipinski definition) is 3. The molecule has 2 heterocycles. The summed E-state index contributed by atoms with van der Waals surface area (Å²) in [5, 5.41) is 2.49. The fourth-order valence-corrected chi connectivity index (χ4v) is 3.58. The lowest BCUT2D eigenvalue weighted by Gasteiger charge is -2.07. The van der Waals surface area contributed by atoms with Crippen LogP contribution >= 0.6 is 0 Å². The van der Waals surface area contributed by atoms with E-state index in [-0.39, 0.29) is 17.7 Å². The van der Waals surface area contributed by atoms with Crippen LogP contribution in [0.15, 0.2) is 53.3 Å². The molecule has 8 nitrogen and oxygen atoms in total. The summed E-state index contributed by atoms with van der Waals surface area (Å²) in [5.74, 6) is 0.264. The smallest absolute Gasteiger partial charge is 0.329 e. The van der Waals surface area contributed by atoms with Crippen LogP contribution in [0.4, 0.5) is 10.7 Å². The summed E-state index contributed by atoms with van der Waals surface area (Å²) in [6.45, 7) is 3.97. The summed E-state index contributed by atoms with van der Waals surface area (Å²) in [7, 11) is 1.76. The minimum atomic E-state index is -0.697. The number of urea groups is 1. The lowest BCUT2D eigenvalue weighted by molar-refractivity contribution is 0.259. The van der Waals surface area contributed by atoms with Crippen LogP contribution in [0.2, 0.25) is 0 Å². The molecule has 8 heteroatoms. The summed E-state index contributed by atoms with van der Waals surface area (Å²) in [6.07, 6.45) is 0. The Bertz CT molecular complexity index is 1260. The molecule has 0 aliphatic carbocycles. The molecule has 0 saturated carbocycles. The molecule has 2 amide bonds. The average Bonchev–Trinajstić information content (AvgIpc) is 3.21. The third kappa shape index (κ3) is 3.18. The highest BCUT2D eigenvalue weighted by Gasteiger charge is 2.18. The van der Waals surface area contributed by atoms with Crippen molar-refractivity contribution in [2.75, 3.05) is 5.32 Å². The first kappa shape index (κ1) is 18.5. The Labute approximate surface area is 167 Å². The van der Waals surface area contributed by atoms with E-state index in [1.165, 1.54) is 0 Å². The molecular formula is C21H22N6O2. The number of hydrogen-bond donors (Lipinski definition) is 3. The van der Waals surface area contributed by atoms with E-state index in [0.717, 1.165) is 27.9 Å². The van der Waals surface area contributed by atoms with Gasteiger partial charge in [0.2, 0.25) is 5.95 Å². The summed E-state index contributed by atoms with van der Waals surface area (Å²) in [6, 6.07) is 14.8. The zero-order chi connectivity index (χ0) is 20.7. The average molecular weight is 390 g/mol. The molecule has 2 aromatic heterocycles. The number of carbonyl (C=O) groups is 1. The number of H-pyrrole nitrogens is 1. The maximum atomic E-state index is 12.6. The van der Waals surface area contributed by atoms with Gasteiger partial charge in [-0.2, -0.15) is 0 Å². The van der Waals surface area contributed by atoms with Gasteiger partial charge in [0.1, 0.15) is 0 Å². The number of imidazole rings is 2. The molecule has 148 valence electrons. The van der Waals surface area contributed by atoms with Crippen molar-refractivity contribution in [2.24, 2.45) is 12.8 Å². The van der Waals surface area contributed by atoms with Crippen molar-refractivity contribution in [2.45, 2.75) is 19.9 Å². The number of nitrogens with zero attached hydrogens (tertiary/aromatic N) is 3. The third-order valence-electron chi connectivity index (χ3n) is 4.89. The van der Waals surface area contributed by atoms with Crippen LogP contribution < -0.4 is 16.7 Å². The Hall–Kier alpha value is -3.81. The van der Waals surface area contributed by atoms with Gasteiger partial charge in [-0.3, -0.25) is 14.5 Å². The quantitative estimate of drug-likeness (QED) is 0.496. The second kappa shape index (κ2) is 6.97. The van der Waals surface area contributed by atoms with Gasteiger partial charge in [0, 0.05) is 24.2 Å². The number of aromatic amines is 1. The van der Waals surface area contributed by atoms with Crippen molar-refractivity contribution < 1.29 is 4.79 Å². The van der Waals surface area contributed by atoms with Crippen LogP contribution in [0.1, 0.15) is 19.9 Å². The number of nitrogens with two attached hydrogens (primary N) is 1. The molecule has 0 radical (unpaired) electrons. The molecule has 0 saturated heterocycles. The Balaban J connectivity index is 1.93. The molecule has 29 heavy (non-hydrogen) atoms. The fraction of sp³-hybridized carbons (Fsp3) is 0.190. The fourth-order valence-electron chi connectivity index (χ4n) is 3.58. The van der Waals surface area contributed by atoms with Crippen molar-refractivity contribution in [1.82, 2.24) is 19.1 Å². The van der Waals surface area contributed by atoms with Crippen LogP contribution in [0, 0.1) is 0 Å². The van der Waals surface area contributed by atoms with Gasteiger partial charge in [-0.05, 0) is 26.0 Å². The molecular weight excluding hydrogens is 368 g/mol. The zero-order valence-corrected chi connectivity index (χ0v) is 16.4. The Morgan fingerprint density at radius 1 is 1.10 bits per heavy atom. The van der Waals surface area contributed by atoms with Crippen molar-refractivity contribution in [1.29, 1.82) is 0 Å². The molecule has 0 fully saturated rings. The number of aryl methyl sites for hydroxylation is 1. The monoisotopic (exact) mass is 390 g/mol. The van der Waals surface area contributed by atoms with E-state index in [0.29, 0.717) is 5.69 Å². The molecule has 4 aromatic rings. The van der Waals surface area contributed by atoms with E-state index in [1.54, 1.807) is 16.2 Å². The van der Waals surface area contributed by atoms with E-state index in [9.17, 15) is 9.59 Å². The van der Waals surface area contributed by atoms with Gasteiger partial charge >= 0.3 is 11.7 Å². The number of amides is 2. The second-order valence-electron chi connectivity index (χ2n) is 7.17. The predicted octanol–water partition coefficient (Wildman–Crippen LogP) is 3.47. The lowest BCUT2D eigenvalue weighted by atomic mass is 10.0. The number of aromatic nitrogens is 4. The molecule has 2 aromatic carbocycles. The molecule has 0 spiro atoms. The Kier molecular flexibility index (Phi) is 4.46. The van der Waals surface area contributed by atoms with Gasteiger partial charge < -0.3 is 10.7 Å². The number of carbonyl (C=O) groups excluding carboxylic acids is 1. The minimum absolute atomic E-state index is 0.0497. The summed E-state index contributed by atoms with van der Waals surface area (Å²) < 4.78 is 3.40. The summed E-state index contributed by atoms with van der Waals surface area (Å²) >= 11 is 0. The molecule has 4 N–H and O–H groups in total. The molecule has 4 rings (SSSR count). The number of fused-ring (bicyclic) bond motifs is 1. The van der Waals surface area contributed by atoms with Crippen LogP contribution in [0.25, 0.3) is 33.5 Å². The van der Waals surface area contributed by atoms with Crippen LogP contribution in [0.3, 0.4) is 0 Å². The van der Waals surface area contributed by atoms with E-state index in [2.05, 4.69) is 15.3 Å². The highest BCUT2D eigenvalue weighted by atomic mass is 16.2. The minimum Gasteiger partial charge on any atom is -0.351 e. The summed E-state index contributed by atoms with van der Waals surface area (Å²) in [5.41, 5.74) is 10.0. The molecule has 0 unspecified atom stereocenters. The zero-order valence-electron chi connectivity index (χ0n) is 16.4. The maximum Gasteiger partial charge on any atom is 0.329 e. The number of rotatable bonds is 4. The van der Waals surface area contributed by atoms with Gasteiger partial charge in [-0.1, -0.05) is 36.4 Å². The van der Waals surface area contributed by atoms with Crippen molar-refractivity contribution in [3.63, 3.8) is 0 Å². The maximum absolute atomic E-state index is 12.6. The Morgan fingerprint density at radius 2 is 1.83 bits per heavy atom. The SMILES string of the molecule is CC(C)n1c(=O)n(C)c2cc(-c3nc(NC(N)=O)[nH]c3-c3ccccc3)ccc21. The first-order chi connectivity index (χ1) is 13.9. The van der Waals surface area contributed by atoms with Crippen molar-refractivity contribution in [3.8, 4) is 22.5 Å². The number of primary amides is 1. The van der Waals surface area contributed by atoms with Crippen molar-refractivity contribution in [3.05, 3.63) is 59.0 Å². The third-order valence-corrected chi connectivity index (χ3v) is 4.89. The van der Waals surface area contributed by atoms with E-state index < -0.39 is 6.03 Å². The largest absolute Gasteiger partial charge is 0.351 e. The van der Waals surface area contributed by atoms with Crippen LogP contribution in [-0.4, -0.2) is 25.1 Å². The lowest BCUT2D eigenvalue weighted by Crippen LogP contribution is -2.23. The highest BCUT2D eigenvalue weighted by molar-refractivity contribution is 5.90. The molecule has 0 atom stereocenters. The van der Waals surface area contributed by atoms with Gasteiger partial charge in [0.15, 0.2) is 0 Å². The van der Waals surface area contributed by atoms with Crippen LogP contribution in [0.5, 0.6) is 0 Å². The topological polar surface area (TPSA) is 111 Å².